The predicted octanol–water partition coefficient (Wildman–Crippen LogP) is 3.10. The van der Waals surface area contributed by atoms with Crippen molar-refractivity contribution in [3.8, 4) is 0 Å². The summed E-state index contributed by atoms with van der Waals surface area (Å²) in [5.41, 5.74) is 0. The van der Waals surface area contributed by atoms with Crippen LogP contribution in [0.5, 0.6) is 0 Å². The van der Waals surface area contributed by atoms with E-state index < -0.39 is 0 Å². The molecule has 1 aromatic rings. The molecular formula is C13H21N3O3S2. The fraction of sp³-hybridized carbons (Fsp3) is 0.692. The quantitative estimate of drug-likeness (QED) is 0.425. The number of nitrogens with zero attached hydrogens (tertiary/aromatic N) is 2. The Morgan fingerprint density at radius 2 is 2.10 bits per heavy atom. The van der Waals surface area contributed by atoms with Crippen LogP contribution in [0.2, 0.25) is 0 Å². The van der Waals surface area contributed by atoms with E-state index in [0.29, 0.717) is 28.9 Å². The van der Waals surface area contributed by atoms with E-state index in [9.17, 15) is 9.59 Å². The van der Waals surface area contributed by atoms with Crippen LogP contribution >= 0.6 is 23.1 Å². The van der Waals surface area contributed by atoms with Crippen LogP contribution in [0.25, 0.3) is 0 Å². The van der Waals surface area contributed by atoms with Crippen LogP contribution in [0.1, 0.15) is 46.5 Å². The van der Waals surface area contributed by atoms with E-state index in [0.717, 1.165) is 12.8 Å². The molecule has 118 valence electrons. The molecule has 0 aliphatic heterocycles. The maximum atomic E-state index is 11.7. The summed E-state index contributed by atoms with van der Waals surface area (Å²) in [6.07, 6.45) is 2.97. The SMILES string of the molecule is CCCCC(=O)Nc1nnc(S[C@H](CC)C(=O)OCC)s1. The standard InChI is InChI=1S/C13H21N3O3S2/c1-4-7-8-10(17)14-12-15-16-13(21-12)20-9(5-2)11(18)19-6-3/h9H,4-8H2,1-3H3,(H,14,15,17)/t9-/m1/s1. The third-order valence-corrected chi connectivity index (χ3v) is 4.84. The second kappa shape index (κ2) is 9.73. The average molecular weight is 331 g/mol. The summed E-state index contributed by atoms with van der Waals surface area (Å²) in [5, 5.41) is 10.8. The fourth-order valence-corrected chi connectivity index (χ4v) is 3.42. The lowest BCUT2D eigenvalue weighted by atomic mass is 10.2. The maximum Gasteiger partial charge on any atom is 0.319 e. The largest absolute Gasteiger partial charge is 0.465 e. The molecule has 21 heavy (non-hydrogen) atoms. The number of amides is 1. The number of rotatable bonds is 9. The van der Waals surface area contributed by atoms with Crippen LogP contribution < -0.4 is 5.32 Å². The lowest BCUT2D eigenvalue weighted by Gasteiger charge is -2.10. The van der Waals surface area contributed by atoms with Gasteiger partial charge in [-0.15, -0.1) is 10.2 Å². The number of anilines is 1. The highest BCUT2D eigenvalue weighted by Gasteiger charge is 2.21. The summed E-state index contributed by atoms with van der Waals surface area (Å²) in [6, 6.07) is 0. The zero-order valence-electron chi connectivity index (χ0n) is 12.5. The molecule has 1 amide bonds. The number of aromatic nitrogens is 2. The van der Waals surface area contributed by atoms with Crippen molar-refractivity contribution < 1.29 is 14.3 Å². The predicted molar refractivity (Wildman–Crippen MR) is 84.6 cm³/mol. The zero-order valence-corrected chi connectivity index (χ0v) is 14.2. The summed E-state index contributed by atoms with van der Waals surface area (Å²) in [4.78, 5) is 23.3. The van der Waals surface area contributed by atoms with Crippen LogP contribution in [-0.2, 0) is 14.3 Å². The highest BCUT2D eigenvalue weighted by atomic mass is 32.2. The fourth-order valence-electron chi connectivity index (χ4n) is 1.48. The van der Waals surface area contributed by atoms with E-state index in [1.165, 1.54) is 23.1 Å². The van der Waals surface area contributed by atoms with Gasteiger partial charge in [-0.25, -0.2) is 0 Å². The third kappa shape index (κ3) is 6.43. The summed E-state index contributed by atoms with van der Waals surface area (Å²) >= 11 is 2.60. The molecule has 0 aliphatic rings. The Morgan fingerprint density at radius 3 is 2.71 bits per heavy atom. The summed E-state index contributed by atoms with van der Waals surface area (Å²) in [6.45, 7) is 6.10. The summed E-state index contributed by atoms with van der Waals surface area (Å²) < 4.78 is 5.66. The Balaban J connectivity index is 2.54. The van der Waals surface area contributed by atoms with Crippen LogP contribution in [0.4, 0.5) is 5.13 Å². The molecule has 8 heteroatoms. The van der Waals surface area contributed by atoms with Gasteiger partial charge in [-0.3, -0.25) is 9.59 Å². The van der Waals surface area contributed by atoms with Crippen molar-refractivity contribution in [2.24, 2.45) is 0 Å². The van der Waals surface area contributed by atoms with Crippen molar-refractivity contribution in [2.45, 2.75) is 56.0 Å². The lowest BCUT2D eigenvalue weighted by molar-refractivity contribution is -0.142. The van der Waals surface area contributed by atoms with Gasteiger partial charge in [0.2, 0.25) is 11.0 Å². The highest BCUT2D eigenvalue weighted by Crippen LogP contribution is 2.31. The molecule has 1 atom stereocenters. The second-order valence-corrected chi connectivity index (χ2v) is 6.72. The normalized spacial score (nSPS) is 12.0. The highest BCUT2D eigenvalue weighted by molar-refractivity contribution is 8.02. The maximum absolute atomic E-state index is 11.7. The van der Waals surface area contributed by atoms with Gasteiger partial charge >= 0.3 is 5.97 Å². The van der Waals surface area contributed by atoms with Crippen LogP contribution in [0.15, 0.2) is 4.34 Å². The number of esters is 1. The van der Waals surface area contributed by atoms with Crippen molar-refractivity contribution >= 4 is 40.1 Å². The summed E-state index contributed by atoms with van der Waals surface area (Å²) in [5.74, 6) is -0.296. The number of hydrogen-bond donors (Lipinski definition) is 1. The molecule has 0 unspecified atom stereocenters. The van der Waals surface area contributed by atoms with Crippen LogP contribution in [0.3, 0.4) is 0 Å². The number of carbonyl (C=O) groups is 2. The van der Waals surface area contributed by atoms with E-state index in [1.807, 2.05) is 13.8 Å². The minimum atomic E-state index is -0.290. The number of nitrogens with one attached hydrogen (secondary N) is 1. The molecule has 0 saturated heterocycles. The van der Waals surface area contributed by atoms with Gasteiger partial charge in [-0.05, 0) is 19.8 Å². The van der Waals surface area contributed by atoms with Gasteiger partial charge in [0.05, 0.1) is 6.61 Å². The minimum Gasteiger partial charge on any atom is -0.465 e. The second-order valence-electron chi connectivity index (χ2n) is 4.29. The van der Waals surface area contributed by atoms with Crippen LogP contribution in [-0.4, -0.2) is 33.9 Å². The van der Waals surface area contributed by atoms with Crippen molar-refractivity contribution in [3.63, 3.8) is 0 Å². The van der Waals surface area contributed by atoms with E-state index >= 15 is 0 Å². The number of unbranched alkanes of at least 4 members (excludes halogenated alkanes) is 1. The van der Waals surface area contributed by atoms with Crippen LogP contribution in [0, 0.1) is 0 Å². The van der Waals surface area contributed by atoms with E-state index in [2.05, 4.69) is 15.5 Å². The first-order valence-corrected chi connectivity index (χ1v) is 8.76. The number of thioether (sulfide) groups is 1. The number of ether oxygens (including phenoxy) is 1. The topological polar surface area (TPSA) is 81.2 Å². The molecule has 0 radical (unpaired) electrons. The molecule has 0 bridgehead atoms. The molecule has 0 aliphatic carbocycles. The first-order chi connectivity index (χ1) is 10.1. The third-order valence-electron chi connectivity index (χ3n) is 2.57. The van der Waals surface area contributed by atoms with E-state index in [4.69, 9.17) is 4.74 Å². The summed E-state index contributed by atoms with van der Waals surface area (Å²) in [7, 11) is 0. The van der Waals surface area contributed by atoms with Gasteiger partial charge in [-0.2, -0.15) is 0 Å². The first-order valence-electron chi connectivity index (χ1n) is 7.07. The van der Waals surface area contributed by atoms with Crippen molar-refractivity contribution in [3.05, 3.63) is 0 Å². The Morgan fingerprint density at radius 1 is 1.33 bits per heavy atom. The molecule has 1 heterocycles. The Hall–Kier alpha value is -1.15. The average Bonchev–Trinajstić information content (AvgIpc) is 2.89. The molecule has 1 N–H and O–H groups in total. The van der Waals surface area contributed by atoms with E-state index in [1.54, 1.807) is 6.92 Å². The van der Waals surface area contributed by atoms with Gasteiger partial charge in [-0.1, -0.05) is 43.4 Å². The molecule has 0 fully saturated rings. The Bertz CT molecular complexity index is 465. The molecular weight excluding hydrogens is 310 g/mol. The van der Waals surface area contributed by atoms with E-state index in [-0.39, 0.29) is 17.1 Å². The van der Waals surface area contributed by atoms with Gasteiger partial charge in [0.15, 0.2) is 4.34 Å². The molecule has 1 rings (SSSR count). The molecule has 6 nitrogen and oxygen atoms in total. The van der Waals surface area contributed by atoms with Gasteiger partial charge in [0.1, 0.15) is 5.25 Å². The van der Waals surface area contributed by atoms with Gasteiger partial charge in [0, 0.05) is 6.42 Å². The molecule has 0 aromatic carbocycles. The number of carbonyl (C=O) groups excluding carboxylic acids is 2. The Labute approximate surface area is 133 Å². The molecule has 0 spiro atoms. The van der Waals surface area contributed by atoms with Gasteiger partial charge in [0.25, 0.3) is 0 Å². The van der Waals surface area contributed by atoms with Crippen molar-refractivity contribution in [2.75, 3.05) is 11.9 Å². The zero-order chi connectivity index (χ0) is 15.7. The van der Waals surface area contributed by atoms with Crippen molar-refractivity contribution in [1.82, 2.24) is 10.2 Å². The monoisotopic (exact) mass is 331 g/mol. The minimum absolute atomic E-state index is 0.0537. The van der Waals surface area contributed by atoms with Gasteiger partial charge < -0.3 is 10.1 Å². The first kappa shape index (κ1) is 17.9. The van der Waals surface area contributed by atoms with Crippen molar-refractivity contribution in [1.29, 1.82) is 0 Å². The smallest absolute Gasteiger partial charge is 0.319 e. The molecule has 0 saturated carbocycles. The Kier molecular flexibility index (Phi) is 8.29. The lowest BCUT2D eigenvalue weighted by Crippen LogP contribution is -2.19. The number of hydrogen-bond acceptors (Lipinski definition) is 7. The molecule has 1 aromatic heterocycles.